The van der Waals surface area contributed by atoms with Crippen LogP contribution < -0.4 is 5.46 Å². The normalized spacial score (nSPS) is 9.50. The lowest BCUT2D eigenvalue weighted by Gasteiger charge is -1.95. The predicted octanol–water partition coefficient (Wildman–Crippen LogP) is 0.716. The van der Waals surface area contributed by atoms with E-state index < -0.39 is 5.82 Å². The van der Waals surface area contributed by atoms with Gasteiger partial charge in [-0.05, 0) is 12.1 Å². The molecule has 1 N–H and O–H groups in total. The quantitative estimate of drug-likeness (QED) is 0.596. The lowest BCUT2D eigenvalue weighted by atomic mass is 9.89. The average Bonchev–Trinajstić information content (AvgIpc) is 1.95. The van der Waals surface area contributed by atoms with Crippen LogP contribution in [0.3, 0.4) is 0 Å². The van der Waals surface area contributed by atoms with Gasteiger partial charge in [0.1, 0.15) is 5.82 Å². The van der Waals surface area contributed by atoms with Gasteiger partial charge in [-0.1, -0.05) is 23.1 Å². The molecular formula is C6H4BClFO. The number of hydrogen-bond donors (Lipinski definition) is 1. The van der Waals surface area contributed by atoms with E-state index in [9.17, 15) is 4.39 Å². The first-order valence-corrected chi connectivity index (χ1v) is 3.04. The molecule has 10 heavy (non-hydrogen) atoms. The highest BCUT2D eigenvalue weighted by atomic mass is 35.5. The summed E-state index contributed by atoms with van der Waals surface area (Å²) < 4.78 is 12.4. The molecular weight excluding hydrogens is 153 g/mol. The number of halogens is 2. The van der Waals surface area contributed by atoms with Crippen molar-refractivity contribution in [2.45, 2.75) is 0 Å². The second kappa shape index (κ2) is 3.04. The summed E-state index contributed by atoms with van der Waals surface area (Å²) in [6, 6.07) is 3.97. The lowest BCUT2D eigenvalue weighted by molar-refractivity contribution is 0.614. The molecule has 1 rings (SSSR count). The molecule has 0 aliphatic heterocycles. The molecule has 0 heterocycles. The average molecular weight is 157 g/mol. The van der Waals surface area contributed by atoms with E-state index in [0.717, 1.165) is 7.48 Å². The van der Waals surface area contributed by atoms with E-state index in [1.807, 2.05) is 0 Å². The Balaban J connectivity index is 3.04. The third-order valence-corrected chi connectivity index (χ3v) is 1.38. The molecule has 1 aromatic carbocycles. The van der Waals surface area contributed by atoms with Crippen LogP contribution in [0.25, 0.3) is 0 Å². The van der Waals surface area contributed by atoms with Crippen molar-refractivity contribution in [3.05, 3.63) is 29.0 Å². The van der Waals surface area contributed by atoms with E-state index >= 15 is 0 Å². The van der Waals surface area contributed by atoms with Crippen LogP contribution in [0.4, 0.5) is 4.39 Å². The first-order chi connectivity index (χ1) is 4.74. The van der Waals surface area contributed by atoms with Gasteiger partial charge in [0.05, 0.1) is 5.02 Å². The molecule has 0 fully saturated rings. The van der Waals surface area contributed by atoms with E-state index in [-0.39, 0.29) is 5.02 Å². The van der Waals surface area contributed by atoms with Gasteiger partial charge in [0.25, 0.3) is 0 Å². The molecule has 51 valence electrons. The Morgan fingerprint density at radius 3 is 2.70 bits per heavy atom. The molecule has 0 amide bonds. The molecule has 0 aliphatic rings. The summed E-state index contributed by atoms with van der Waals surface area (Å²) in [7, 11) is 0.866. The van der Waals surface area contributed by atoms with Gasteiger partial charge < -0.3 is 5.02 Å². The van der Waals surface area contributed by atoms with Crippen LogP contribution in [0.1, 0.15) is 0 Å². The van der Waals surface area contributed by atoms with Crippen molar-refractivity contribution in [1.29, 1.82) is 0 Å². The molecule has 0 atom stereocenters. The minimum absolute atomic E-state index is 0.0165. The largest absolute Gasteiger partial charge is 0.450 e. The van der Waals surface area contributed by atoms with Crippen molar-refractivity contribution in [2.24, 2.45) is 0 Å². The molecule has 1 radical (unpaired) electrons. The zero-order valence-electron chi connectivity index (χ0n) is 5.01. The monoisotopic (exact) mass is 157 g/mol. The highest BCUT2D eigenvalue weighted by molar-refractivity contribution is 6.46. The Kier molecular flexibility index (Phi) is 2.30. The zero-order chi connectivity index (χ0) is 7.56. The van der Waals surface area contributed by atoms with Crippen molar-refractivity contribution >= 4 is 24.5 Å². The second-order valence-electron chi connectivity index (χ2n) is 1.80. The predicted molar refractivity (Wildman–Crippen MR) is 39.0 cm³/mol. The van der Waals surface area contributed by atoms with Crippen molar-refractivity contribution in [3.63, 3.8) is 0 Å². The molecule has 1 nitrogen and oxygen atoms in total. The van der Waals surface area contributed by atoms with Gasteiger partial charge >= 0.3 is 7.48 Å². The van der Waals surface area contributed by atoms with Crippen LogP contribution in [0, 0.1) is 5.82 Å². The van der Waals surface area contributed by atoms with Gasteiger partial charge in [-0.15, -0.1) is 0 Å². The molecule has 1 aromatic rings. The molecule has 0 aliphatic carbocycles. The van der Waals surface area contributed by atoms with Crippen molar-refractivity contribution in [1.82, 2.24) is 0 Å². The first-order valence-electron chi connectivity index (χ1n) is 2.66. The first kappa shape index (κ1) is 7.57. The van der Waals surface area contributed by atoms with Gasteiger partial charge in [0.2, 0.25) is 0 Å². The molecule has 0 unspecified atom stereocenters. The fraction of sp³-hybridized carbons (Fsp3) is 0. The number of benzene rings is 1. The van der Waals surface area contributed by atoms with Gasteiger partial charge in [0.15, 0.2) is 0 Å². The minimum Gasteiger partial charge on any atom is -0.450 e. The van der Waals surface area contributed by atoms with Crippen LogP contribution in [-0.4, -0.2) is 12.5 Å². The van der Waals surface area contributed by atoms with Gasteiger partial charge in [-0.25, -0.2) is 4.39 Å². The van der Waals surface area contributed by atoms with E-state index in [4.69, 9.17) is 16.6 Å². The molecule has 0 saturated carbocycles. The molecule has 0 saturated heterocycles. The van der Waals surface area contributed by atoms with Crippen molar-refractivity contribution < 1.29 is 9.41 Å². The summed E-state index contributed by atoms with van der Waals surface area (Å²) in [4.78, 5) is 0. The number of hydrogen-bond acceptors (Lipinski definition) is 1. The highest BCUT2D eigenvalue weighted by Gasteiger charge is 1.99. The molecule has 0 bridgehead atoms. The van der Waals surface area contributed by atoms with Crippen LogP contribution >= 0.6 is 11.6 Å². The summed E-state index contributed by atoms with van der Waals surface area (Å²) in [5.41, 5.74) is 0.492. The Morgan fingerprint density at radius 1 is 1.50 bits per heavy atom. The van der Waals surface area contributed by atoms with Crippen LogP contribution in [0.5, 0.6) is 0 Å². The van der Waals surface area contributed by atoms with E-state index in [1.165, 1.54) is 18.2 Å². The Labute approximate surface area is 63.7 Å². The maximum absolute atomic E-state index is 12.4. The summed E-state index contributed by atoms with van der Waals surface area (Å²) in [5, 5.41) is 8.46. The van der Waals surface area contributed by atoms with Gasteiger partial charge in [-0.2, -0.15) is 0 Å². The molecule has 0 spiro atoms. The van der Waals surface area contributed by atoms with Crippen LogP contribution in [0.2, 0.25) is 5.02 Å². The summed E-state index contributed by atoms with van der Waals surface area (Å²) in [5.74, 6) is -0.479. The Bertz CT molecular complexity index is 241. The van der Waals surface area contributed by atoms with E-state index in [2.05, 4.69) is 0 Å². The van der Waals surface area contributed by atoms with E-state index in [1.54, 1.807) is 0 Å². The number of rotatable bonds is 1. The third-order valence-electron chi connectivity index (χ3n) is 1.09. The SMILES string of the molecule is O[B]c1ccc(F)c(Cl)c1. The maximum atomic E-state index is 12.4. The Hall–Kier alpha value is -0.535. The Morgan fingerprint density at radius 2 is 2.20 bits per heavy atom. The minimum atomic E-state index is -0.479. The topological polar surface area (TPSA) is 20.2 Å². The lowest BCUT2D eigenvalue weighted by Crippen LogP contribution is -2.12. The van der Waals surface area contributed by atoms with Crippen molar-refractivity contribution in [2.75, 3.05) is 0 Å². The zero-order valence-corrected chi connectivity index (χ0v) is 5.77. The fourth-order valence-corrected chi connectivity index (χ4v) is 0.782. The van der Waals surface area contributed by atoms with Crippen LogP contribution in [-0.2, 0) is 0 Å². The standard InChI is InChI=1S/C6H4BClFO/c8-5-3-4(7-10)1-2-6(5)9/h1-3,10H. The van der Waals surface area contributed by atoms with Gasteiger partial charge in [-0.3, -0.25) is 0 Å². The summed E-state index contributed by atoms with van der Waals surface area (Å²) in [6.07, 6.45) is 0. The smallest absolute Gasteiger partial charge is 0.326 e. The van der Waals surface area contributed by atoms with Gasteiger partial charge in [0, 0.05) is 0 Å². The molecule has 0 aromatic heterocycles. The maximum Gasteiger partial charge on any atom is 0.326 e. The fourth-order valence-electron chi connectivity index (χ4n) is 0.593. The highest BCUT2D eigenvalue weighted by Crippen LogP contribution is 2.10. The summed E-state index contributed by atoms with van der Waals surface area (Å²) >= 11 is 5.39. The summed E-state index contributed by atoms with van der Waals surface area (Å²) in [6.45, 7) is 0. The molecule has 4 heteroatoms. The van der Waals surface area contributed by atoms with Crippen LogP contribution in [0.15, 0.2) is 18.2 Å². The van der Waals surface area contributed by atoms with E-state index in [0.29, 0.717) is 5.46 Å². The third kappa shape index (κ3) is 1.49. The van der Waals surface area contributed by atoms with Crippen molar-refractivity contribution in [3.8, 4) is 0 Å². The second-order valence-corrected chi connectivity index (χ2v) is 2.21.